The number of carboxylic acid groups (broad SMARTS) is 1. The van der Waals surface area contributed by atoms with Gasteiger partial charge < -0.3 is 5.11 Å². The average molecular weight is 338 g/mol. The molecule has 2 rings (SSSR count). The largest absolute Gasteiger partial charge is 0.478 e. The molecule has 5 heteroatoms. The van der Waals surface area contributed by atoms with Gasteiger partial charge in [-0.25, -0.2) is 9.78 Å². The number of benzene rings is 1. The molecule has 0 radical (unpaired) electrons. The molecule has 0 aliphatic rings. The third-order valence-corrected chi connectivity index (χ3v) is 4.21. The van der Waals surface area contributed by atoms with Crippen molar-refractivity contribution in [3.8, 4) is 0 Å². The number of aromatic nitrogens is 1. The van der Waals surface area contributed by atoms with Gasteiger partial charge in [-0.15, -0.1) is 0 Å². The van der Waals surface area contributed by atoms with Gasteiger partial charge in [0.1, 0.15) is 5.03 Å². The topological polar surface area (TPSA) is 50.2 Å². The van der Waals surface area contributed by atoms with Crippen LogP contribution in [0.25, 0.3) is 0 Å². The van der Waals surface area contributed by atoms with Crippen molar-refractivity contribution in [1.29, 1.82) is 0 Å². The van der Waals surface area contributed by atoms with Gasteiger partial charge in [0, 0.05) is 15.6 Å². The third kappa shape index (κ3) is 3.36. The molecule has 1 aromatic carbocycles. The van der Waals surface area contributed by atoms with Crippen LogP contribution in [0.2, 0.25) is 0 Å². The molecular formula is C14H12BrNO2S. The van der Waals surface area contributed by atoms with Crippen LogP contribution in [-0.4, -0.2) is 16.1 Å². The van der Waals surface area contributed by atoms with Gasteiger partial charge in [0.05, 0.1) is 5.56 Å². The normalized spacial score (nSPS) is 10.5. The van der Waals surface area contributed by atoms with E-state index in [0.717, 1.165) is 16.0 Å². The highest BCUT2D eigenvalue weighted by atomic mass is 79.9. The summed E-state index contributed by atoms with van der Waals surface area (Å²) in [4.78, 5) is 16.5. The summed E-state index contributed by atoms with van der Waals surface area (Å²) in [6.45, 7) is 4.01. The number of halogens is 1. The van der Waals surface area contributed by atoms with Crippen molar-refractivity contribution in [2.24, 2.45) is 0 Å². The molecule has 2 aromatic rings. The predicted octanol–water partition coefficient (Wildman–Crippen LogP) is 4.31. The van der Waals surface area contributed by atoms with Crippen molar-refractivity contribution >= 4 is 33.7 Å². The van der Waals surface area contributed by atoms with Crippen LogP contribution in [-0.2, 0) is 0 Å². The fourth-order valence-electron chi connectivity index (χ4n) is 1.58. The lowest BCUT2D eigenvalue weighted by molar-refractivity contribution is 0.0692. The summed E-state index contributed by atoms with van der Waals surface area (Å²) in [5, 5.41) is 9.72. The number of carbonyl (C=O) groups is 1. The summed E-state index contributed by atoms with van der Waals surface area (Å²) < 4.78 is 0.662. The first-order valence-corrected chi connectivity index (χ1v) is 7.22. The average Bonchev–Trinajstić information content (AvgIpc) is 2.35. The SMILES string of the molecule is Cc1ccc(C)c(Sc2ncc(Br)cc2C(=O)O)c1. The van der Waals surface area contributed by atoms with E-state index >= 15 is 0 Å². The first-order valence-electron chi connectivity index (χ1n) is 5.61. The second-order valence-corrected chi connectivity index (χ2v) is 6.13. The van der Waals surface area contributed by atoms with Gasteiger partial charge >= 0.3 is 5.97 Å². The summed E-state index contributed by atoms with van der Waals surface area (Å²) in [5.74, 6) is -0.971. The maximum Gasteiger partial charge on any atom is 0.338 e. The van der Waals surface area contributed by atoms with E-state index in [4.69, 9.17) is 0 Å². The second-order valence-electron chi connectivity index (χ2n) is 4.18. The van der Waals surface area contributed by atoms with Gasteiger partial charge in [-0.1, -0.05) is 23.9 Å². The molecule has 0 spiro atoms. The summed E-state index contributed by atoms with van der Waals surface area (Å²) in [6, 6.07) is 7.67. The minimum Gasteiger partial charge on any atom is -0.478 e. The first kappa shape index (κ1) is 14.1. The van der Waals surface area contributed by atoms with Crippen LogP contribution in [0.3, 0.4) is 0 Å². The number of carboxylic acids is 1. The van der Waals surface area contributed by atoms with Crippen molar-refractivity contribution < 1.29 is 9.90 Å². The van der Waals surface area contributed by atoms with Gasteiger partial charge in [-0.3, -0.25) is 0 Å². The molecule has 98 valence electrons. The fourth-order valence-corrected chi connectivity index (χ4v) is 2.96. The van der Waals surface area contributed by atoms with Gasteiger partial charge in [-0.05, 0) is 53.0 Å². The molecule has 0 saturated heterocycles. The molecule has 1 N–H and O–H groups in total. The minimum atomic E-state index is -0.971. The van der Waals surface area contributed by atoms with Gasteiger partial charge in [0.2, 0.25) is 0 Å². The number of nitrogens with zero attached hydrogens (tertiary/aromatic N) is 1. The molecule has 0 atom stereocenters. The highest BCUT2D eigenvalue weighted by Crippen LogP contribution is 2.32. The Bertz CT molecular complexity index is 643. The van der Waals surface area contributed by atoms with Gasteiger partial charge in [0.25, 0.3) is 0 Å². The Hall–Kier alpha value is -1.33. The molecule has 1 aromatic heterocycles. The van der Waals surface area contributed by atoms with Crippen molar-refractivity contribution in [1.82, 2.24) is 4.98 Å². The van der Waals surface area contributed by atoms with Crippen LogP contribution in [0.15, 0.2) is 44.9 Å². The van der Waals surface area contributed by atoms with E-state index in [9.17, 15) is 9.90 Å². The van der Waals surface area contributed by atoms with E-state index in [2.05, 4.69) is 20.9 Å². The fraction of sp³-hybridized carbons (Fsp3) is 0.143. The van der Waals surface area contributed by atoms with E-state index in [1.54, 1.807) is 12.3 Å². The van der Waals surface area contributed by atoms with Crippen LogP contribution in [0.1, 0.15) is 21.5 Å². The zero-order chi connectivity index (χ0) is 14.0. The zero-order valence-electron chi connectivity index (χ0n) is 10.5. The van der Waals surface area contributed by atoms with Gasteiger partial charge in [0.15, 0.2) is 0 Å². The summed E-state index contributed by atoms with van der Waals surface area (Å²) >= 11 is 4.62. The number of hydrogen-bond acceptors (Lipinski definition) is 3. The minimum absolute atomic E-state index is 0.209. The Morgan fingerprint density at radius 2 is 2.05 bits per heavy atom. The lowest BCUT2D eigenvalue weighted by atomic mass is 10.2. The highest BCUT2D eigenvalue weighted by Gasteiger charge is 2.14. The molecule has 1 heterocycles. The smallest absolute Gasteiger partial charge is 0.338 e. The lowest BCUT2D eigenvalue weighted by Gasteiger charge is -2.08. The number of aromatic carboxylic acids is 1. The zero-order valence-corrected chi connectivity index (χ0v) is 12.9. The van der Waals surface area contributed by atoms with Crippen LogP contribution in [0.5, 0.6) is 0 Å². The van der Waals surface area contributed by atoms with Crippen molar-refractivity contribution in [2.75, 3.05) is 0 Å². The van der Waals surface area contributed by atoms with Crippen LogP contribution < -0.4 is 0 Å². The quantitative estimate of drug-likeness (QED) is 0.906. The van der Waals surface area contributed by atoms with E-state index < -0.39 is 5.97 Å². The molecule has 0 aliphatic carbocycles. The number of aryl methyl sites for hydroxylation is 2. The number of rotatable bonds is 3. The molecule has 3 nitrogen and oxygen atoms in total. The molecule has 0 saturated carbocycles. The summed E-state index contributed by atoms with van der Waals surface area (Å²) in [6.07, 6.45) is 1.61. The standard InChI is InChI=1S/C14H12BrNO2S/c1-8-3-4-9(2)12(5-8)19-13-11(14(17)18)6-10(15)7-16-13/h3-7H,1-2H3,(H,17,18). The molecule has 0 amide bonds. The number of pyridine rings is 1. The van der Waals surface area contributed by atoms with Gasteiger partial charge in [-0.2, -0.15) is 0 Å². The summed E-state index contributed by atoms with van der Waals surface area (Å²) in [5.41, 5.74) is 2.46. The number of hydrogen-bond donors (Lipinski definition) is 1. The Morgan fingerprint density at radius 3 is 2.74 bits per heavy atom. The Labute approximate surface area is 124 Å². The molecular weight excluding hydrogens is 326 g/mol. The highest BCUT2D eigenvalue weighted by molar-refractivity contribution is 9.10. The van der Waals surface area contributed by atoms with E-state index in [-0.39, 0.29) is 5.56 Å². The molecule has 0 bridgehead atoms. The maximum atomic E-state index is 11.2. The molecule has 0 aliphatic heterocycles. The summed E-state index contributed by atoms with van der Waals surface area (Å²) in [7, 11) is 0. The van der Waals surface area contributed by atoms with Crippen LogP contribution in [0.4, 0.5) is 0 Å². The predicted molar refractivity (Wildman–Crippen MR) is 78.9 cm³/mol. The lowest BCUT2D eigenvalue weighted by Crippen LogP contribution is -2.01. The third-order valence-electron chi connectivity index (χ3n) is 2.60. The molecule has 19 heavy (non-hydrogen) atoms. The second kappa shape index (κ2) is 5.75. The van der Waals surface area contributed by atoms with Crippen LogP contribution in [0, 0.1) is 13.8 Å². The Balaban J connectivity index is 2.43. The first-order chi connectivity index (χ1) is 8.97. The maximum absolute atomic E-state index is 11.2. The van der Waals surface area contributed by atoms with E-state index in [1.165, 1.54) is 11.8 Å². The Morgan fingerprint density at radius 1 is 1.32 bits per heavy atom. The molecule has 0 fully saturated rings. The van der Waals surface area contributed by atoms with Crippen molar-refractivity contribution in [3.05, 3.63) is 51.6 Å². The molecule has 0 unspecified atom stereocenters. The van der Waals surface area contributed by atoms with E-state index in [0.29, 0.717) is 9.50 Å². The Kier molecular flexibility index (Phi) is 4.27. The van der Waals surface area contributed by atoms with Crippen molar-refractivity contribution in [3.63, 3.8) is 0 Å². The monoisotopic (exact) mass is 337 g/mol. The van der Waals surface area contributed by atoms with Crippen LogP contribution >= 0.6 is 27.7 Å². The van der Waals surface area contributed by atoms with E-state index in [1.807, 2.05) is 32.0 Å². The van der Waals surface area contributed by atoms with Crippen molar-refractivity contribution in [2.45, 2.75) is 23.8 Å².